The van der Waals surface area contributed by atoms with Crippen LogP contribution in [0.3, 0.4) is 0 Å². The number of nitrogens with zero attached hydrogens (tertiary/aromatic N) is 1. The van der Waals surface area contributed by atoms with Crippen molar-refractivity contribution >= 4 is 33.2 Å². The normalized spacial score (nSPS) is 18.3. The second-order valence-electron chi connectivity index (χ2n) is 3.96. The summed E-state index contributed by atoms with van der Waals surface area (Å²) in [6, 6.07) is 6.06. The van der Waals surface area contributed by atoms with Gasteiger partial charge in [0.25, 0.3) is 0 Å². The Balaban J connectivity index is 2.14. The molecule has 1 saturated carbocycles. The molecule has 2 aromatic rings. The van der Waals surface area contributed by atoms with Crippen LogP contribution in [0, 0.1) is 0 Å². The van der Waals surface area contributed by atoms with Crippen molar-refractivity contribution in [1.82, 2.24) is 10.3 Å². The van der Waals surface area contributed by atoms with Gasteiger partial charge in [0.2, 0.25) is 0 Å². The summed E-state index contributed by atoms with van der Waals surface area (Å²) >= 11 is 7.69. The van der Waals surface area contributed by atoms with Gasteiger partial charge in [-0.2, -0.15) is 0 Å². The van der Waals surface area contributed by atoms with Crippen molar-refractivity contribution in [2.24, 2.45) is 0 Å². The Bertz CT molecular complexity index is 516. The van der Waals surface area contributed by atoms with E-state index in [-0.39, 0.29) is 5.54 Å². The molecule has 1 fully saturated rings. The van der Waals surface area contributed by atoms with Gasteiger partial charge in [-0.05, 0) is 38.1 Å². The Labute approximate surface area is 97.3 Å². The van der Waals surface area contributed by atoms with E-state index in [4.69, 9.17) is 11.6 Å². The zero-order chi connectivity index (χ0) is 10.5. The first-order valence-electron chi connectivity index (χ1n) is 4.99. The number of aromatic nitrogens is 1. The molecular formula is C11H11ClN2S. The highest BCUT2D eigenvalue weighted by molar-refractivity contribution is 7.19. The number of rotatable bonds is 2. The van der Waals surface area contributed by atoms with Crippen molar-refractivity contribution in [2.75, 3.05) is 7.05 Å². The Morgan fingerprint density at radius 1 is 1.47 bits per heavy atom. The summed E-state index contributed by atoms with van der Waals surface area (Å²) in [4.78, 5) is 5.70. The first kappa shape index (κ1) is 9.58. The summed E-state index contributed by atoms with van der Waals surface area (Å²) in [5.41, 5.74) is 1.25. The molecule has 0 aromatic carbocycles. The van der Waals surface area contributed by atoms with Crippen LogP contribution in [0.5, 0.6) is 0 Å². The Hall–Kier alpha value is -0.640. The van der Waals surface area contributed by atoms with Crippen LogP contribution in [0.15, 0.2) is 18.2 Å². The second kappa shape index (κ2) is 3.17. The topological polar surface area (TPSA) is 24.9 Å². The lowest BCUT2D eigenvalue weighted by Crippen LogP contribution is -2.22. The molecule has 0 spiro atoms. The van der Waals surface area contributed by atoms with Crippen LogP contribution in [0.4, 0.5) is 0 Å². The van der Waals surface area contributed by atoms with Crippen LogP contribution in [0.2, 0.25) is 5.15 Å². The Kier molecular flexibility index (Phi) is 2.03. The summed E-state index contributed by atoms with van der Waals surface area (Å²) in [5, 5.41) is 3.96. The zero-order valence-corrected chi connectivity index (χ0v) is 9.95. The average Bonchev–Trinajstić information content (AvgIpc) is 2.93. The number of halogens is 1. The van der Waals surface area contributed by atoms with Gasteiger partial charge in [0, 0.05) is 4.88 Å². The number of thiophene rings is 1. The molecule has 3 rings (SSSR count). The third-order valence-corrected chi connectivity index (χ3v) is 4.54. The molecule has 1 N–H and O–H groups in total. The molecule has 1 aliphatic rings. The predicted molar refractivity (Wildman–Crippen MR) is 64.6 cm³/mol. The van der Waals surface area contributed by atoms with Crippen LogP contribution in [-0.4, -0.2) is 12.0 Å². The maximum Gasteiger partial charge on any atom is 0.129 e. The average molecular weight is 239 g/mol. The van der Waals surface area contributed by atoms with Gasteiger partial charge in [0.1, 0.15) is 5.15 Å². The molecule has 78 valence electrons. The van der Waals surface area contributed by atoms with E-state index in [1.807, 2.05) is 30.5 Å². The van der Waals surface area contributed by atoms with Gasteiger partial charge >= 0.3 is 0 Å². The van der Waals surface area contributed by atoms with Gasteiger partial charge in [0.15, 0.2) is 0 Å². The minimum Gasteiger partial charge on any atom is -0.310 e. The van der Waals surface area contributed by atoms with Crippen LogP contribution >= 0.6 is 22.9 Å². The standard InChI is InChI=1S/C11H11ClN2S/c1-13-11(4-5-11)9-6-7-8(15-9)2-3-10(12)14-7/h2-3,6,13H,4-5H2,1H3. The van der Waals surface area contributed by atoms with Crippen molar-refractivity contribution < 1.29 is 0 Å². The molecule has 0 aliphatic heterocycles. The molecule has 0 radical (unpaired) electrons. The Morgan fingerprint density at radius 2 is 2.27 bits per heavy atom. The highest BCUT2D eigenvalue weighted by Crippen LogP contribution is 2.48. The molecule has 0 saturated heterocycles. The molecule has 1 aliphatic carbocycles. The fourth-order valence-electron chi connectivity index (χ4n) is 1.88. The minimum atomic E-state index is 0.234. The van der Waals surface area contributed by atoms with Crippen molar-refractivity contribution in [3.63, 3.8) is 0 Å². The van der Waals surface area contributed by atoms with Crippen molar-refractivity contribution in [1.29, 1.82) is 0 Å². The molecule has 2 heterocycles. The lowest BCUT2D eigenvalue weighted by molar-refractivity contribution is 0.597. The van der Waals surface area contributed by atoms with Gasteiger partial charge in [0.05, 0.1) is 15.8 Å². The summed E-state index contributed by atoms with van der Waals surface area (Å²) < 4.78 is 1.22. The summed E-state index contributed by atoms with van der Waals surface area (Å²) in [6.07, 6.45) is 2.45. The van der Waals surface area contributed by atoms with E-state index in [1.54, 1.807) is 0 Å². The first-order valence-corrected chi connectivity index (χ1v) is 6.18. The van der Waals surface area contributed by atoms with Gasteiger partial charge in [-0.15, -0.1) is 11.3 Å². The molecule has 2 aromatic heterocycles. The predicted octanol–water partition coefficient (Wildman–Crippen LogP) is 3.16. The molecule has 0 unspecified atom stereocenters. The Morgan fingerprint density at radius 3 is 2.93 bits per heavy atom. The largest absolute Gasteiger partial charge is 0.310 e. The summed E-state index contributed by atoms with van der Waals surface area (Å²) in [5.74, 6) is 0. The lowest BCUT2D eigenvalue weighted by atomic mass is 10.2. The van der Waals surface area contributed by atoms with Crippen LogP contribution < -0.4 is 5.32 Å². The van der Waals surface area contributed by atoms with E-state index < -0.39 is 0 Å². The van der Waals surface area contributed by atoms with Crippen LogP contribution in [-0.2, 0) is 5.54 Å². The van der Waals surface area contributed by atoms with Crippen LogP contribution in [0.25, 0.3) is 10.2 Å². The number of hydrogen-bond donors (Lipinski definition) is 1. The second-order valence-corrected chi connectivity index (χ2v) is 5.43. The third-order valence-electron chi connectivity index (χ3n) is 3.04. The fraction of sp³-hybridized carbons (Fsp3) is 0.364. The molecule has 0 bridgehead atoms. The number of pyridine rings is 1. The molecule has 15 heavy (non-hydrogen) atoms. The van der Waals surface area contributed by atoms with Gasteiger partial charge < -0.3 is 5.32 Å². The SMILES string of the molecule is CNC1(c2cc3nc(Cl)ccc3s2)CC1. The maximum absolute atomic E-state index is 5.87. The van der Waals surface area contributed by atoms with Gasteiger partial charge in [-0.1, -0.05) is 11.6 Å². The van der Waals surface area contributed by atoms with E-state index in [0.717, 1.165) is 5.52 Å². The maximum atomic E-state index is 5.87. The monoisotopic (exact) mass is 238 g/mol. The zero-order valence-electron chi connectivity index (χ0n) is 8.38. The van der Waals surface area contributed by atoms with E-state index >= 15 is 0 Å². The highest BCUT2D eigenvalue weighted by Gasteiger charge is 2.44. The summed E-state index contributed by atoms with van der Waals surface area (Å²) in [6.45, 7) is 0. The summed E-state index contributed by atoms with van der Waals surface area (Å²) in [7, 11) is 2.03. The van der Waals surface area contributed by atoms with Crippen molar-refractivity contribution in [3.05, 3.63) is 28.2 Å². The van der Waals surface area contributed by atoms with E-state index in [2.05, 4.69) is 16.4 Å². The van der Waals surface area contributed by atoms with E-state index in [1.165, 1.54) is 22.4 Å². The fourth-order valence-corrected chi connectivity index (χ4v) is 3.29. The van der Waals surface area contributed by atoms with Crippen LogP contribution in [0.1, 0.15) is 17.7 Å². The van der Waals surface area contributed by atoms with E-state index in [9.17, 15) is 0 Å². The van der Waals surface area contributed by atoms with Gasteiger partial charge in [-0.3, -0.25) is 0 Å². The molecule has 0 atom stereocenters. The minimum absolute atomic E-state index is 0.234. The quantitative estimate of drug-likeness (QED) is 0.813. The third kappa shape index (κ3) is 1.46. The first-order chi connectivity index (χ1) is 7.23. The number of nitrogens with one attached hydrogen (secondary N) is 1. The number of hydrogen-bond acceptors (Lipinski definition) is 3. The lowest BCUT2D eigenvalue weighted by Gasteiger charge is -2.10. The highest BCUT2D eigenvalue weighted by atomic mass is 35.5. The molecule has 0 amide bonds. The van der Waals surface area contributed by atoms with Crippen molar-refractivity contribution in [2.45, 2.75) is 18.4 Å². The van der Waals surface area contributed by atoms with Gasteiger partial charge in [-0.25, -0.2) is 4.98 Å². The van der Waals surface area contributed by atoms with E-state index in [0.29, 0.717) is 5.15 Å². The van der Waals surface area contributed by atoms with Crippen molar-refractivity contribution in [3.8, 4) is 0 Å². The molecule has 4 heteroatoms. The number of fused-ring (bicyclic) bond motifs is 1. The smallest absolute Gasteiger partial charge is 0.129 e. The molecule has 2 nitrogen and oxygen atoms in total. The molecular weight excluding hydrogens is 228 g/mol.